The molecule has 2 heterocycles. The predicted molar refractivity (Wildman–Crippen MR) is 65.8 cm³/mol. The Hall–Kier alpha value is -2.24. The van der Waals surface area contributed by atoms with Crippen molar-refractivity contribution in [2.75, 3.05) is 6.54 Å². The number of amides is 2. The summed E-state index contributed by atoms with van der Waals surface area (Å²) in [4.78, 5) is 26.6. The van der Waals surface area contributed by atoms with Crippen LogP contribution in [0.15, 0.2) is 29.6 Å². The molecule has 0 aromatic carbocycles. The monoisotopic (exact) mass is 246 g/mol. The van der Waals surface area contributed by atoms with Crippen LogP contribution in [0, 0.1) is 0 Å². The van der Waals surface area contributed by atoms with Gasteiger partial charge in [-0.1, -0.05) is 6.07 Å². The molecule has 0 aliphatic carbocycles. The van der Waals surface area contributed by atoms with Gasteiger partial charge in [-0.2, -0.15) is 5.10 Å². The molecule has 0 saturated heterocycles. The molecule has 0 atom stereocenters. The fourth-order valence-corrected chi connectivity index (χ4v) is 1.61. The highest BCUT2D eigenvalue weighted by Crippen LogP contribution is 2.00. The molecule has 1 aromatic heterocycles. The molecule has 6 heteroatoms. The lowest BCUT2D eigenvalue weighted by Gasteiger charge is -2.11. The van der Waals surface area contributed by atoms with Crippen LogP contribution in [-0.2, 0) is 16.0 Å². The van der Waals surface area contributed by atoms with Crippen LogP contribution in [-0.4, -0.2) is 29.1 Å². The van der Waals surface area contributed by atoms with Crippen LogP contribution < -0.4 is 10.7 Å². The molecule has 0 spiro atoms. The number of carbonyl (C=O) groups excluding carboxylic acids is 2. The molecule has 18 heavy (non-hydrogen) atoms. The second-order valence-corrected chi connectivity index (χ2v) is 3.96. The van der Waals surface area contributed by atoms with E-state index in [9.17, 15) is 9.59 Å². The molecule has 2 N–H and O–H groups in total. The highest BCUT2D eigenvalue weighted by atomic mass is 16.2. The smallest absolute Gasteiger partial charge is 0.267 e. The lowest BCUT2D eigenvalue weighted by atomic mass is 10.1. The van der Waals surface area contributed by atoms with Crippen LogP contribution >= 0.6 is 0 Å². The number of nitrogens with zero attached hydrogens (tertiary/aromatic N) is 2. The SMILES string of the molecule is O=C1CCC(C(=O)NCCc2cccnc2)=NN1. The van der Waals surface area contributed by atoms with E-state index in [-0.39, 0.29) is 11.8 Å². The van der Waals surface area contributed by atoms with E-state index in [2.05, 4.69) is 20.8 Å². The number of pyridine rings is 1. The van der Waals surface area contributed by atoms with Gasteiger partial charge in [0.25, 0.3) is 5.91 Å². The van der Waals surface area contributed by atoms with Crippen LogP contribution in [0.3, 0.4) is 0 Å². The van der Waals surface area contributed by atoms with Crippen LogP contribution in [0.4, 0.5) is 0 Å². The van der Waals surface area contributed by atoms with E-state index in [4.69, 9.17) is 0 Å². The molecular weight excluding hydrogens is 232 g/mol. The van der Waals surface area contributed by atoms with Gasteiger partial charge < -0.3 is 5.32 Å². The molecule has 1 aromatic rings. The van der Waals surface area contributed by atoms with Gasteiger partial charge in [-0.15, -0.1) is 0 Å². The Morgan fingerprint density at radius 3 is 3.00 bits per heavy atom. The molecule has 0 saturated carbocycles. The summed E-state index contributed by atoms with van der Waals surface area (Å²) in [5.74, 6) is -0.374. The molecule has 0 fully saturated rings. The number of hydrogen-bond acceptors (Lipinski definition) is 4. The summed E-state index contributed by atoms with van der Waals surface area (Å²) >= 11 is 0. The molecule has 0 bridgehead atoms. The fourth-order valence-electron chi connectivity index (χ4n) is 1.61. The van der Waals surface area contributed by atoms with Crippen LogP contribution in [0.25, 0.3) is 0 Å². The first-order valence-corrected chi connectivity index (χ1v) is 5.78. The van der Waals surface area contributed by atoms with Gasteiger partial charge in [-0.25, -0.2) is 5.43 Å². The van der Waals surface area contributed by atoms with Crippen LogP contribution in [0.1, 0.15) is 18.4 Å². The van der Waals surface area contributed by atoms with Gasteiger partial charge in [-0.05, 0) is 18.1 Å². The summed E-state index contributed by atoms with van der Waals surface area (Å²) in [5.41, 5.74) is 3.74. The van der Waals surface area contributed by atoms with Crippen molar-refractivity contribution in [3.05, 3.63) is 30.1 Å². The lowest BCUT2D eigenvalue weighted by Crippen LogP contribution is -2.37. The molecular formula is C12H14N4O2. The maximum atomic E-state index is 11.7. The third-order valence-corrected chi connectivity index (χ3v) is 2.59. The van der Waals surface area contributed by atoms with E-state index in [1.807, 2.05) is 12.1 Å². The van der Waals surface area contributed by atoms with Gasteiger partial charge >= 0.3 is 0 Å². The molecule has 94 valence electrons. The minimum absolute atomic E-state index is 0.151. The van der Waals surface area contributed by atoms with Crippen LogP contribution in [0.2, 0.25) is 0 Å². The Morgan fingerprint density at radius 2 is 2.33 bits per heavy atom. The van der Waals surface area contributed by atoms with Crippen molar-refractivity contribution in [1.82, 2.24) is 15.7 Å². The van der Waals surface area contributed by atoms with Gasteiger partial charge in [-0.3, -0.25) is 14.6 Å². The second kappa shape index (κ2) is 5.90. The zero-order chi connectivity index (χ0) is 12.8. The average Bonchev–Trinajstić information content (AvgIpc) is 2.40. The van der Waals surface area contributed by atoms with Crippen molar-refractivity contribution >= 4 is 17.5 Å². The molecule has 1 aliphatic heterocycles. The highest BCUT2D eigenvalue weighted by molar-refractivity contribution is 6.39. The van der Waals surface area contributed by atoms with Crippen molar-refractivity contribution in [2.24, 2.45) is 5.10 Å². The first kappa shape index (κ1) is 12.2. The Bertz CT molecular complexity index is 470. The normalized spacial score (nSPS) is 14.7. The topological polar surface area (TPSA) is 83.5 Å². The van der Waals surface area contributed by atoms with E-state index in [0.29, 0.717) is 25.1 Å². The van der Waals surface area contributed by atoms with Gasteiger partial charge in [0.1, 0.15) is 5.71 Å². The zero-order valence-electron chi connectivity index (χ0n) is 9.85. The third-order valence-electron chi connectivity index (χ3n) is 2.59. The molecule has 2 amide bonds. The Balaban J connectivity index is 1.77. The zero-order valence-corrected chi connectivity index (χ0v) is 9.85. The average molecular weight is 246 g/mol. The Morgan fingerprint density at radius 1 is 1.44 bits per heavy atom. The first-order chi connectivity index (χ1) is 8.75. The summed E-state index contributed by atoms with van der Waals surface area (Å²) < 4.78 is 0. The standard InChI is InChI=1S/C12H14N4O2/c17-11-4-3-10(15-16-11)12(18)14-7-5-9-2-1-6-13-8-9/h1-2,6,8H,3-5,7H2,(H,14,18)(H,16,17). The first-order valence-electron chi connectivity index (χ1n) is 5.78. The van der Waals surface area contributed by atoms with E-state index in [1.54, 1.807) is 12.4 Å². The molecule has 1 aliphatic rings. The Kier molecular flexibility index (Phi) is 4.01. The number of hydrogen-bond donors (Lipinski definition) is 2. The minimum atomic E-state index is -0.223. The van der Waals surface area contributed by atoms with E-state index < -0.39 is 0 Å². The second-order valence-electron chi connectivity index (χ2n) is 3.96. The number of rotatable bonds is 4. The van der Waals surface area contributed by atoms with Crippen LogP contribution in [0.5, 0.6) is 0 Å². The van der Waals surface area contributed by atoms with E-state index >= 15 is 0 Å². The Labute approximate surface area is 104 Å². The van der Waals surface area contributed by atoms with E-state index in [1.165, 1.54) is 0 Å². The van der Waals surface area contributed by atoms with Crippen molar-refractivity contribution in [3.8, 4) is 0 Å². The number of carbonyl (C=O) groups is 2. The van der Waals surface area contributed by atoms with Gasteiger partial charge in [0.15, 0.2) is 0 Å². The van der Waals surface area contributed by atoms with Gasteiger partial charge in [0, 0.05) is 31.8 Å². The highest BCUT2D eigenvalue weighted by Gasteiger charge is 2.17. The maximum Gasteiger partial charge on any atom is 0.267 e. The quantitative estimate of drug-likeness (QED) is 0.784. The minimum Gasteiger partial charge on any atom is -0.351 e. The van der Waals surface area contributed by atoms with Crippen molar-refractivity contribution < 1.29 is 9.59 Å². The molecule has 2 rings (SSSR count). The number of hydrazone groups is 1. The van der Waals surface area contributed by atoms with Gasteiger partial charge in [0.05, 0.1) is 0 Å². The molecule has 6 nitrogen and oxygen atoms in total. The summed E-state index contributed by atoms with van der Waals surface area (Å²) in [5, 5.41) is 6.50. The summed E-state index contributed by atoms with van der Waals surface area (Å²) in [6.07, 6.45) is 4.91. The maximum absolute atomic E-state index is 11.7. The van der Waals surface area contributed by atoms with Gasteiger partial charge in [0.2, 0.25) is 5.91 Å². The number of aromatic nitrogens is 1. The predicted octanol–water partition coefficient (Wildman–Crippen LogP) is 0.00630. The largest absolute Gasteiger partial charge is 0.351 e. The number of nitrogens with one attached hydrogen (secondary N) is 2. The van der Waals surface area contributed by atoms with Crippen molar-refractivity contribution in [1.29, 1.82) is 0 Å². The third kappa shape index (κ3) is 3.38. The lowest BCUT2D eigenvalue weighted by molar-refractivity contribution is -0.121. The summed E-state index contributed by atoms with van der Waals surface area (Å²) in [6, 6.07) is 3.81. The summed E-state index contributed by atoms with van der Waals surface area (Å²) in [6.45, 7) is 0.525. The van der Waals surface area contributed by atoms with Crippen molar-refractivity contribution in [3.63, 3.8) is 0 Å². The fraction of sp³-hybridized carbons (Fsp3) is 0.333. The summed E-state index contributed by atoms with van der Waals surface area (Å²) in [7, 11) is 0. The molecule has 0 radical (unpaired) electrons. The van der Waals surface area contributed by atoms with Crippen molar-refractivity contribution in [2.45, 2.75) is 19.3 Å². The molecule has 0 unspecified atom stereocenters. The van der Waals surface area contributed by atoms with E-state index in [0.717, 1.165) is 12.0 Å².